The van der Waals surface area contributed by atoms with E-state index < -0.39 is 6.10 Å². The van der Waals surface area contributed by atoms with Crippen LogP contribution in [0.25, 0.3) is 10.9 Å². The Morgan fingerprint density at radius 2 is 1.85 bits per heavy atom. The van der Waals surface area contributed by atoms with E-state index in [1.54, 1.807) is 17.1 Å². The Bertz CT molecular complexity index is 1340. The topological polar surface area (TPSA) is 86.0 Å². The fourth-order valence-electron chi connectivity index (χ4n) is 4.94. The van der Waals surface area contributed by atoms with Crippen LogP contribution in [0.2, 0.25) is 0 Å². The molecule has 4 heterocycles. The normalized spacial score (nSPS) is 18.3. The third-order valence-corrected chi connectivity index (χ3v) is 7.72. The SMILES string of the molecule is COc1ccccc1N1CCN(CCn2c(=O)c3csc4c3n(c2=O)CCC4OC(C)=O)CC1. The van der Waals surface area contributed by atoms with Crippen molar-refractivity contribution < 1.29 is 14.3 Å². The number of methoxy groups -OCH3 is 1. The van der Waals surface area contributed by atoms with Crippen LogP contribution in [0.15, 0.2) is 39.2 Å². The third kappa shape index (κ3) is 4.01. The number of aromatic nitrogens is 2. The highest BCUT2D eigenvalue weighted by atomic mass is 32.1. The molecule has 0 amide bonds. The quantitative estimate of drug-likeness (QED) is 0.495. The van der Waals surface area contributed by atoms with Gasteiger partial charge in [-0.15, -0.1) is 11.3 Å². The average molecular weight is 485 g/mol. The Morgan fingerprint density at radius 3 is 2.59 bits per heavy atom. The number of ether oxygens (including phenoxy) is 2. The van der Waals surface area contributed by atoms with E-state index in [2.05, 4.69) is 15.9 Å². The molecule has 1 unspecified atom stereocenters. The van der Waals surface area contributed by atoms with Crippen LogP contribution in [0.1, 0.15) is 24.3 Å². The van der Waals surface area contributed by atoms with Crippen molar-refractivity contribution in [3.8, 4) is 5.75 Å². The van der Waals surface area contributed by atoms with E-state index in [4.69, 9.17) is 9.47 Å². The summed E-state index contributed by atoms with van der Waals surface area (Å²) in [5, 5.41) is 2.31. The summed E-state index contributed by atoms with van der Waals surface area (Å²) in [6, 6.07) is 8.01. The van der Waals surface area contributed by atoms with Gasteiger partial charge in [-0.1, -0.05) is 12.1 Å². The van der Waals surface area contributed by atoms with Crippen LogP contribution in [0.3, 0.4) is 0 Å². The zero-order valence-corrected chi connectivity index (χ0v) is 20.2. The summed E-state index contributed by atoms with van der Waals surface area (Å²) in [6.07, 6.45) is 0.139. The number of para-hydroxylation sites is 2. The number of thiophene rings is 1. The molecule has 0 aliphatic carbocycles. The molecule has 0 radical (unpaired) electrons. The Morgan fingerprint density at radius 1 is 1.09 bits per heavy atom. The van der Waals surface area contributed by atoms with Crippen molar-refractivity contribution in [3.05, 3.63) is 55.4 Å². The van der Waals surface area contributed by atoms with Gasteiger partial charge in [-0.25, -0.2) is 4.79 Å². The summed E-state index contributed by atoms with van der Waals surface area (Å²) in [5.41, 5.74) is 1.16. The molecule has 5 rings (SSSR count). The molecule has 2 aliphatic heterocycles. The minimum atomic E-state index is -0.394. The number of anilines is 1. The van der Waals surface area contributed by atoms with Crippen LogP contribution in [-0.2, 0) is 22.6 Å². The highest BCUT2D eigenvalue weighted by molar-refractivity contribution is 7.11. The van der Waals surface area contributed by atoms with Crippen LogP contribution in [-0.4, -0.2) is 59.8 Å². The zero-order valence-electron chi connectivity index (χ0n) is 19.4. The standard InChI is InChI=1S/C24H28N4O5S/c1-16(29)33-20-7-8-27-21-17(15-34-22(20)21)23(30)28(24(27)31)14-11-25-9-12-26(13-10-25)18-5-3-4-6-19(18)32-2/h3-6,15,20H,7-14H2,1-2H3. The molecule has 180 valence electrons. The van der Waals surface area contributed by atoms with Crippen molar-refractivity contribution in [2.45, 2.75) is 32.5 Å². The van der Waals surface area contributed by atoms with Crippen LogP contribution in [0.5, 0.6) is 5.75 Å². The summed E-state index contributed by atoms with van der Waals surface area (Å²) in [4.78, 5) is 43.2. The molecule has 1 aromatic carbocycles. The molecule has 0 bridgehead atoms. The molecule has 1 fully saturated rings. The maximum atomic E-state index is 13.2. The molecule has 0 N–H and O–H groups in total. The van der Waals surface area contributed by atoms with Gasteiger partial charge in [0.2, 0.25) is 0 Å². The van der Waals surface area contributed by atoms with Crippen LogP contribution >= 0.6 is 11.3 Å². The van der Waals surface area contributed by atoms with Crippen molar-refractivity contribution in [3.63, 3.8) is 0 Å². The largest absolute Gasteiger partial charge is 0.495 e. The highest BCUT2D eigenvalue weighted by Gasteiger charge is 2.29. The van der Waals surface area contributed by atoms with Gasteiger partial charge in [-0.2, -0.15) is 0 Å². The van der Waals surface area contributed by atoms with Crippen molar-refractivity contribution in [1.82, 2.24) is 14.0 Å². The van der Waals surface area contributed by atoms with Crippen molar-refractivity contribution >= 4 is 33.9 Å². The van der Waals surface area contributed by atoms with E-state index in [0.717, 1.165) is 42.5 Å². The van der Waals surface area contributed by atoms with Gasteiger partial charge in [0, 0.05) is 64.5 Å². The van der Waals surface area contributed by atoms with Crippen LogP contribution in [0, 0.1) is 0 Å². The fraction of sp³-hybridized carbons (Fsp3) is 0.458. The maximum Gasteiger partial charge on any atom is 0.331 e. The number of benzene rings is 1. The van der Waals surface area contributed by atoms with Gasteiger partial charge in [-0.05, 0) is 12.1 Å². The van der Waals surface area contributed by atoms with Gasteiger partial charge in [0.1, 0.15) is 11.9 Å². The number of hydrogen-bond acceptors (Lipinski definition) is 8. The lowest BCUT2D eigenvalue weighted by molar-refractivity contribution is -0.147. The van der Waals surface area contributed by atoms with E-state index in [9.17, 15) is 14.4 Å². The molecule has 1 atom stereocenters. The summed E-state index contributed by atoms with van der Waals surface area (Å²) < 4.78 is 13.9. The molecule has 3 aromatic rings. The second-order valence-electron chi connectivity index (χ2n) is 8.64. The first-order chi connectivity index (χ1) is 16.5. The number of carbonyl (C=O) groups is 1. The number of hydrogen-bond donors (Lipinski definition) is 0. The summed E-state index contributed by atoms with van der Waals surface area (Å²) >= 11 is 1.38. The first-order valence-electron chi connectivity index (χ1n) is 11.5. The Kier molecular flexibility index (Phi) is 6.18. The molecular weight excluding hydrogens is 456 g/mol. The average Bonchev–Trinajstić information content (AvgIpc) is 3.30. The first kappa shape index (κ1) is 22.7. The molecule has 0 spiro atoms. The number of nitrogens with zero attached hydrogens (tertiary/aromatic N) is 4. The number of rotatable bonds is 6. The predicted octanol–water partition coefficient (Wildman–Crippen LogP) is 2.06. The molecule has 0 saturated carbocycles. The molecule has 34 heavy (non-hydrogen) atoms. The minimum absolute atomic E-state index is 0.269. The lowest BCUT2D eigenvalue weighted by Crippen LogP contribution is -2.49. The van der Waals surface area contributed by atoms with Gasteiger partial charge in [-0.3, -0.25) is 23.6 Å². The predicted molar refractivity (Wildman–Crippen MR) is 131 cm³/mol. The van der Waals surface area contributed by atoms with E-state index in [-0.39, 0.29) is 17.2 Å². The second-order valence-corrected chi connectivity index (χ2v) is 9.55. The summed E-state index contributed by atoms with van der Waals surface area (Å²) in [7, 11) is 1.68. The number of aryl methyl sites for hydroxylation is 1. The van der Waals surface area contributed by atoms with Gasteiger partial charge in [0.15, 0.2) is 0 Å². The highest BCUT2D eigenvalue weighted by Crippen LogP contribution is 2.36. The molecule has 2 aromatic heterocycles. The molecule has 10 heteroatoms. The van der Waals surface area contributed by atoms with E-state index in [0.29, 0.717) is 37.0 Å². The number of esters is 1. The zero-order chi connectivity index (χ0) is 23.8. The number of piperazine rings is 1. The first-order valence-corrected chi connectivity index (χ1v) is 12.4. The second kappa shape index (κ2) is 9.27. The molecular formula is C24H28N4O5S. The minimum Gasteiger partial charge on any atom is -0.495 e. The Hall–Kier alpha value is -3.11. The van der Waals surface area contributed by atoms with Crippen molar-refractivity contribution in [1.29, 1.82) is 0 Å². The van der Waals surface area contributed by atoms with E-state index in [1.807, 2.05) is 18.2 Å². The molecule has 2 aliphatic rings. The van der Waals surface area contributed by atoms with E-state index in [1.165, 1.54) is 22.8 Å². The van der Waals surface area contributed by atoms with Gasteiger partial charge < -0.3 is 14.4 Å². The third-order valence-electron chi connectivity index (χ3n) is 6.65. The van der Waals surface area contributed by atoms with Crippen LogP contribution < -0.4 is 20.9 Å². The van der Waals surface area contributed by atoms with E-state index >= 15 is 0 Å². The Balaban J connectivity index is 1.31. The summed E-state index contributed by atoms with van der Waals surface area (Å²) in [6.45, 7) is 6.17. The van der Waals surface area contributed by atoms with Crippen molar-refractivity contribution in [2.75, 3.05) is 44.7 Å². The molecule has 9 nitrogen and oxygen atoms in total. The maximum absolute atomic E-state index is 13.2. The van der Waals surface area contributed by atoms with Gasteiger partial charge >= 0.3 is 11.7 Å². The van der Waals surface area contributed by atoms with Crippen molar-refractivity contribution in [2.24, 2.45) is 0 Å². The Labute approximate surface area is 200 Å². The monoisotopic (exact) mass is 484 g/mol. The van der Waals surface area contributed by atoms with Crippen LogP contribution in [0.4, 0.5) is 5.69 Å². The molecule has 1 saturated heterocycles. The fourth-order valence-corrected chi connectivity index (χ4v) is 6.05. The number of carbonyl (C=O) groups excluding carboxylic acids is 1. The van der Waals surface area contributed by atoms with Gasteiger partial charge in [0.25, 0.3) is 5.56 Å². The lowest BCUT2D eigenvalue weighted by atomic mass is 10.1. The smallest absolute Gasteiger partial charge is 0.331 e. The van der Waals surface area contributed by atoms with Gasteiger partial charge in [0.05, 0.1) is 28.6 Å². The lowest BCUT2D eigenvalue weighted by Gasteiger charge is -2.36. The summed E-state index contributed by atoms with van der Waals surface area (Å²) in [5.74, 6) is 0.505.